The Kier molecular flexibility index (Phi) is 7.03. The predicted octanol–water partition coefficient (Wildman–Crippen LogP) is 6.23. The Labute approximate surface area is 197 Å². The van der Waals surface area contributed by atoms with E-state index in [-0.39, 0.29) is 35.1 Å². The van der Waals surface area contributed by atoms with E-state index in [4.69, 9.17) is 4.74 Å². The molecule has 3 heterocycles. The van der Waals surface area contributed by atoms with E-state index in [9.17, 15) is 13.2 Å². The third-order valence-corrected chi connectivity index (χ3v) is 6.75. The van der Waals surface area contributed by atoms with E-state index < -0.39 is 17.6 Å². The van der Waals surface area contributed by atoms with E-state index in [1.165, 1.54) is 18.5 Å². The molecule has 3 atom stereocenters. The molecule has 34 heavy (non-hydrogen) atoms. The Morgan fingerprint density at radius 3 is 2.47 bits per heavy atom. The van der Waals surface area contributed by atoms with Gasteiger partial charge < -0.3 is 15.0 Å². The molecule has 2 aliphatic rings. The van der Waals surface area contributed by atoms with Gasteiger partial charge in [-0.3, -0.25) is 0 Å². The van der Waals surface area contributed by atoms with Crippen molar-refractivity contribution in [2.45, 2.75) is 64.8 Å². The first kappa shape index (κ1) is 24.7. The predicted molar refractivity (Wildman–Crippen MR) is 123 cm³/mol. The second-order valence-electron chi connectivity index (χ2n) is 10.3. The Morgan fingerprint density at radius 2 is 1.79 bits per heavy atom. The molecule has 186 valence electrons. The van der Waals surface area contributed by atoms with Crippen LogP contribution in [0, 0.1) is 17.2 Å². The molecule has 0 bridgehead atoms. The normalized spacial score (nSPS) is 23.9. The average molecular weight is 481 g/mol. The highest BCUT2D eigenvalue weighted by Gasteiger charge is 2.36. The number of aromatic nitrogens is 2. The molecule has 2 aromatic rings. The number of hydrogen-bond acceptors (Lipinski definition) is 5. The van der Waals surface area contributed by atoms with Crippen LogP contribution in [0.2, 0.25) is 0 Å². The van der Waals surface area contributed by atoms with Crippen molar-refractivity contribution in [2.24, 2.45) is 11.3 Å². The van der Waals surface area contributed by atoms with Gasteiger partial charge in [0.2, 0.25) is 5.82 Å². The zero-order valence-corrected chi connectivity index (χ0v) is 19.8. The number of ether oxygens (including phenoxy) is 1. The zero-order chi connectivity index (χ0) is 24.5. The van der Waals surface area contributed by atoms with Crippen molar-refractivity contribution in [1.82, 2.24) is 9.97 Å². The summed E-state index contributed by atoms with van der Waals surface area (Å²) in [6, 6.07) is 4.86. The van der Waals surface area contributed by atoms with Crippen LogP contribution < -0.4 is 10.2 Å². The molecule has 2 saturated heterocycles. The number of nitrogens with one attached hydrogen (secondary N) is 1. The van der Waals surface area contributed by atoms with Crippen molar-refractivity contribution in [3.05, 3.63) is 47.5 Å². The number of halogens is 4. The fourth-order valence-corrected chi connectivity index (χ4v) is 5.18. The lowest BCUT2D eigenvalue weighted by atomic mass is 9.78. The molecule has 2 aliphatic heterocycles. The van der Waals surface area contributed by atoms with Gasteiger partial charge in [-0.05, 0) is 48.8 Å². The van der Waals surface area contributed by atoms with Gasteiger partial charge in [0.15, 0.2) is 11.6 Å². The fourth-order valence-electron chi connectivity index (χ4n) is 5.18. The minimum Gasteiger partial charge on any atom is -0.377 e. The van der Waals surface area contributed by atoms with E-state index in [2.05, 4.69) is 36.1 Å². The molecular formula is C25H32F4N4O. The summed E-state index contributed by atoms with van der Waals surface area (Å²) in [6.45, 7) is 8.29. The van der Waals surface area contributed by atoms with Gasteiger partial charge in [0.05, 0.1) is 17.7 Å². The van der Waals surface area contributed by atoms with Gasteiger partial charge in [-0.2, -0.15) is 17.6 Å². The number of nitrogens with zero attached hydrogens (tertiary/aromatic N) is 3. The largest absolute Gasteiger partial charge is 0.416 e. The summed E-state index contributed by atoms with van der Waals surface area (Å²) in [7, 11) is 0. The molecule has 1 N–H and O–H groups in total. The first-order valence-corrected chi connectivity index (χ1v) is 11.9. The SMILES string of the molecule is CC(C)(C)C1OCCCC1CNc1ncnc(N2CCC[C@@H]2c2ccc(C(F)(F)F)cc2)c1F. The van der Waals surface area contributed by atoms with Crippen LogP contribution in [0.15, 0.2) is 30.6 Å². The summed E-state index contributed by atoms with van der Waals surface area (Å²) in [5, 5.41) is 3.17. The number of hydrogen-bond donors (Lipinski definition) is 1. The van der Waals surface area contributed by atoms with Gasteiger partial charge in [0.25, 0.3) is 0 Å². The van der Waals surface area contributed by atoms with Crippen LogP contribution in [0.5, 0.6) is 0 Å². The second-order valence-corrected chi connectivity index (χ2v) is 10.3. The molecule has 9 heteroatoms. The molecule has 2 unspecified atom stereocenters. The summed E-state index contributed by atoms with van der Waals surface area (Å²) in [4.78, 5) is 10.2. The van der Waals surface area contributed by atoms with Crippen molar-refractivity contribution >= 4 is 11.6 Å². The molecule has 0 radical (unpaired) electrons. The number of benzene rings is 1. The van der Waals surface area contributed by atoms with Crippen LogP contribution in [-0.2, 0) is 10.9 Å². The third-order valence-electron chi connectivity index (χ3n) is 6.75. The first-order chi connectivity index (χ1) is 16.1. The van der Waals surface area contributed by atoms with E-state index in [0.29, 0.717) is 25.1 Å². The second kappa shape index (κ2) is 9.68. The summed E-state index contributed by atoms with van der Waals surface area (Å²) in [5.41, 5.74) is -0.00167. The standard InChI is InChI=1S/C25H32F4N4O/c1-24(2,3)21-17(6-5-13-34-21)14-30-22-20(26)23(32-15-31-22)33-12-4-7-19(33)16-8-10-18(11-9-16)25(27,28)29/h8-11,15,17,19,21H,4-7,12-14H2,1-3H3,(H,30,31,32)/t17?,19-,21?/m1/s1. The summed E-state index contributed by atoms with van der Waals surface area (Å²) in [5.74, 6) is 0.0112. The van der Waals surface area contributed by atoms with Gasteiger partial charge in [-0.1, -0.05) is 32.9 Å². The average Bonchev–Trinajstić information content (AvgIpc) is 3.27. The van der Waals surface area contributed by atoms with Gasteiger partial charge in [0.1, 0.15) is 6.33 Å². The molecule has 0 amide bonds. The van der Waals surface area contributed by atoms with Crippen LogP contribution >= 0.6 is 0 Å². The van der Waals surface area contributed by atoms with Crippen LogP contribution in [0.25, 0.3) is 0 Å². The highest BCUT2D eigenvalue weighted by atomic mass is 19.4. The summed E-state index contributed by atoms with van der Waals surface area (Å²) >= 11 is 0. The lowest BCUT2D eigenvalue weighted by molar-refractivity contribution is -0.137. The van der Waals surface area contributed by atoms with Crippen molar-refractivity contribution in [3.63, 3.8) is 0 Å². The molecule has 4 rings (SSSR count). The Bertz CT molecular complexity index is 974. The highest BCUT2D eigenvalue weighted by Crippen LogP contribution is 2.39. The molecule has 1 aromatic carbocycles. The number of anilines is 2. The maximum Gasteiger partial charge on any atom is 0.416 e. The molecule has 1 aromatic heterocycles. The first-order valence-electron chi connectivity index (χ1n) is 11.9. The van der Waals surface area contributed by atoms with Gasteiger partial charge in [-0.25, -0.2) is 9.97 Å². The third kappa shape index (κ3) is 5.29. The minimum atomic E-state index is -4.39. The van der Waals surface area contributed by atoms with Gasteiger partial charge in [0, 0.05) is 25.6 Å². The van der Waals surface area contributed by atoms with Gasteiger partial charge in [-0.15, -0.1) is 0 Å². The quantitative estimate of drug-likeness (QED) is 0.514. The maximum absolute atomic E-state index is 15.5. The lowest BCUT2D eigenvalue weighted by Crippen LogP contribution is -2.42. The van der Waals surface area contributed by atoms with E-state index in [1.807, 2.05) is 4.90 Å². The Morgan fingerprint density at radius 1 is 1.06 bits per heavy atom. The zero-order valence-electron chi connectivity index (χ0n) is 19.8. The topological polar surface area (TPSA) is 50.3 Å². The number of rotatable bonds is 5. The van der Waals surface area contributed by atoms with E-state index in [1.54, 1.807) is 0 Å². The Balaban J connectivity index is 1.51. The summed E-state index contributed by atoms with van der Waals surface area (Å²) in [6.07, 6.45) is 0.495. The smallest absolute Gasteiger partial charge is 0.377 e. The Hall–Kier alpha value is -2.42. The van der Waals surface area contributed by atoms with Crippen LogP contribution in [0.1, 0.15) is 63.6 Å². The molecule has 5 nitrogen and oxygen atoms in total. The monoisotopic (exact) mass is 480 g/mol. The number of alkyl halides is 3. The van der Waals surface area contributed by atoms with Gasteiger partial charge >= 0.3 is 6.18 Å². The lowest BCUT2D eigenvalue weighted by Gasteiger charge is -2.40. The molecule has 0 saturated carbocycles. The molecular weight excluding hydrogens is 448 g/mol. The van der Waals surface area contributed by atoms with Crippen molar-refractivity contribution in [2.75, 3.05) is 29.9 Å². The molecule has 0 aliphatic carbocycles. The van der Waals surface area contributed by atoms with Crippen LogP contribution in [0.3, 0.4) is 0 Å². The fraction of sp³-hybridized carbons (Fsp3) is 0.600. The molecule has 0 spiro atoms. The van der Waals surface area contributed by atoms with Crippen molar-refractivity contribution < 1.29 is 22.3 Å². The maximum atomic E-state index is 15.5. The van der Waals surface area contributed by atoms with Crippen LogP contribution in [0.4, 0.5) is 29.2 Å². The van der Waals surface area contributed by atoms with E-state index in [0.717, 1.165) is 38.0 Å². The van der Waals surface area contributed by atoms with Crippen molar-refractivity contribution in [1.29, 1.82) is 0 Å². The minimum absolute atomic E-state index is 0.0213. The molecule has 2 fully saturated rings. The van der Waals surface area contributed by atoms with Crippen molar-refractivity contribution in [3.8, 4) is 0 Å². The van der Waals surface area contributed by atoms with Crippen LogP contribution in [-0.4, -0.2) is 35.8 Å². The summed E-state index contributed by atoms with van der Waals surface area (Å²) < 4.78 is 60.4. The highest BCUT2D eigenvalue weighted by molar-refractivity contribution is 5.53. The van der Waals surface area contributed by atoms with E-state index >= 15 is 4.39 Å².